The molecule has 2 aromatic rings. The third-order valence-electron chi connectivity index (χ3n) is 2.30. The minimum absolute atomic E-state index is 0.794. The minimum atomic E-state index is 0.794. The minimum Gasteiger partial charge on any atom is -0.298 e. The van der Waals surface area contributed by atoms with Crippen LogP contribution in [0.25, 0.3) is 10.1 Å². The van der Waals surface area contributed by atoms with E-state index in [-0.39, 0.29) is 0 Å². The Morgan fingerprint density at radius 2 is 2.29 bits per heavy atom. The Bertz CT molecular complexity index is 487. The van der Waals surface area contributed by atoms with E-state index in [1.807, 2.05) is 6.07 Å². The van der Waals surface area contributed by atoms with Gasteiger partial charge in [0.05, 0.1) is 0 Å². The van der Waals surface area contributed by atoms with Gasteiger partial charge in [-0.05, 0) is 51.4 Å². The van der Waals surface area contributed by atoms with Gasteiger partial charge in [-0.2, -0.15) is 0 Å². The summed E-state index contributed by atoms with van der Waals surface area (Å²) in [7, 11) is 0. The predicted octanol–water partition coefficient (Wildman–Crippen LogP) is 3.88. The molecule has 0 N–H and O–H groups in total. The molecular weight excluding hydrogens is 307 g/mol. The Balaban J connectivity index is 2.78. The number of hydrogen-bond acceptors (Lipinski definition) is 2. The first-order chi connectivity index (χ1) is 6.77. The second-order valence-corrected chi connectivity index (χ2v) is 5.04. The van der Waals surface area contributed by atoms with Gasteiger partial charge in [0.25, 0.3) is 0 Å². The highest BCUT2D eigenvalue weighted by atomic mass is 127. The van der Waals surface area contributed by atoms with Crippen molar-refractivity contribution in [2.24, 2.45) is 0 Å². The van der Waals surface area contributed by atoms with Crippen molar-refractivity contribution in [2.75, 3.05) is 0 Å². The topological polar surface area (TPSA) is 17.1 Å². The van der Waals surface area contributed by atoms with E-state index in [1.54, 1.807) is 11.3 Å². The predicted molar refractivity (Wildman–Crippen MR) is 69.3 cm³/mol. The van der Waals surface area contributed by atoms with E-state index in [4.69, 9.17) is 0 Å². The van der Waals surface area contributed by atoms with Crippen molar-refractivity contribution in [1.82, 2.24) is 0 Å². The van der Waals surface area contributed by atoms with Gasteiger partial charge >= 0.3 is 0 Å². The Labute approximate surface area is 100 Å². The summed E-state index contributed by atoms with van der Waals surface area (Å²) in [6.07, 6.45) is 1.98. The maximum atomic E-state index is 10.7. The smallest absolute Gasteiger partial charge is 0.151 e. The lowest BCUT2D eigenvalue weighted by Crippen LogP contribution is -1.85. The summed E-state index contributed by atoms with van der Waals surface area (Å²) in [6, 6.07) is 3.96. The third-order valence-corrected chi connectivity index (χ3v) is 4.89. The SMILES string of the molecule is CCc1csc2c(I)c(C=O)ccc12. The Kier molecular flexibility index (Phi) is 2.88. The fourth-order valence-corrected chi connectivity index (χ4v) is 3.58. The summed E-state index contributed by atoms with van der Waals surface area (Å²) in [5, 5.41) is 3.48. The molecule has 2 rings (SSSR count). The van der Waals surface area contributed by atoms with Gasteiger partial charge in [-0.1, -0.05) is 13.0 Å². The molecule has 3 heteroatoms. The van der Waals surface area contributed by atoms with Gasteiger partial charge in [-0.15, -0.1) is 11.3 Å². The highest BCUT2D eigenvalue weighted by Crippen LogP contribution is 2.31. The fourth-order valence-electron chi connectivity index (χ4n) is 1.50. The molecule has 0 saturated heterocycles. The highest BCUT2D eigenvalue weighted by molar-refractivity contribution is 14.1. The normalized spacial score (nSPS) is 10.7. The first kappa shape index (κ1) is 10.1. The average molecular weight is 316 g/mol. The van der Waals surface area contributed by atoms with Crippen molar-refractivity contribution in [3.05, 3.63) is 32.2 Å². The first-order valence-electron chi connectivity index (χ1n) is 4.41. The van der Waals surface area contributed by atoms with Crippen LogP contribution in [0.5, 0.6) is 0 Å². The molecule has 1 aromatic heterocycles. The van der Waals surface area contributed by atoms with E-state index < -0.39 is 0 Å². The first-order valence-corrected chi connectivity index (χ1v) is 6.37. The standard InChI is InChI=1S/C11H9IOS/c1-2-7-6-14-11-9(7)4-3-8(5-13)10(11)12/h3-6H,2H2,1H3. The van der Waals surface area contributed by atoms with E-state index in [0.717, 1.165) is 21.8 Å². The molecule has 0 radical (unpaired) electrons. The number of rotatable bonds is 2. The van der Waals surface area contributed by atoms with E-state index in [1.165, 1.54) is 15.6 Å². The lowest BCUT2D eigenvalue weighted by atomic mass is 10.1. The molecule has 0 bridgehead atoms. The van der Waals surface area contributed by atoms with Crippen molar-refractivity contribution in [2.45, 2.75) is 13.3 Å². The Morgan fingerprint density at radius 3 is 2.93 bits per heavy atom. The van der Waals surface area contributed by atoms with Gasteiger partial charge in [-0.25, -0.2) is 0 Å². The van der Waals surface area contributed by atoms with E-state index in [9.17, 15) is 4.79 Å². The summed E-state index contributed by atoms with van der Waals surface area (Å²) >= 11 is 3.98. The van der Waals surface area contributed by atoms with Crippen molar-refractivity contribution >= 4 is 50.3 Å². The second-order valence-electron chi connectivity index (χ2n) is 3.08. The zero-order chi connectivity index (χ0) is 10.1. The highest BCUT2D eigenvalue weighted by Gasteiger charge is 2.08. The number of benzene rings is 1. The van der Waals surface area contributed by atoms with Crippen LogP contribution in [-0.2, 0) is 6.42 Å². The molecule has 0 unspecified atom stereocenters. The zero-order valence-electron chi connectivity index (χ0n) is 7.71. The lowest BCUT2D eigenvalue weighted by Gasteiger charge is -1.99. The van der Waals surface area contributed by atoms with Crippen molar-refractivity contribution in [3.63, 3.8) is 0 Å². The molecule has 1 nitrogen and oxygen atoms in total. The van der Waals surface area contributed by atoms with Crippen LogP contribution in [0, 0.1) is 3.57 Å². The molecule has 0 aliphatic carbocycles. The number of hydrogen-bond donors (Lipinski definition) is 0. The molecule has 0 fully saturated rings. The van der Waals surface area contributed by atoms with Crippen LogP contribution in [0.4, 0.5) is 0 Å². The van der Waals surface area contributed by atoms with Crippen LogP contribution in [-0.4, -0.2) is 6.29 Å². The van der Waals surface area contributed by atoms with Gasteiger partial charge in [0.2, 0.25) is 0 Å². The lowest BCUT2D eigenvalue weighted by molar-refractivity contribution is 0.112. The monoisotopic (exact) mass is 316 g/mol. The third kappa shape index (κ3) is 1.48. The quantitative estimate of drug-likeness (QED) is 0.607. The largest absolute Gasteiger partial charge is 0.298 e. The molecule has 0 atom stereocenters. The number of aryl methyl sites for hydroxylation is 1. The van der Waals surface area contributed by atoms with Crippen LogP contribution in [0.2, 0.25) is 0 Å². The fraction of sp³-hybridized carbons (Fsp3) is 0.182. The molecule has 72 valence electrons. The number of halogens is 1. The van der Waals surface area contributed by atoms with E-state index in [0.29, 0.717) is 0 Å². The Morgan fingerprint density at radius 1 is 1.50 bits per heavy atom. The van der Waals surface area contributed by atoms with Crippen LogP contribution < -0.4 is 0 Å². The maximum Gasteiger partial charge on any atom is 0.151 e. The number of carbonyl (C=O) groups excluding carboxylic acids is 1. The van der Waals surface area contributed by atoms with Crippen molar-refractivity contribution < 1.29 is 4.79 Å². The Hall–Kier alpha value is -0.420. The summed E-state index contributed by atoms with van der Waals surface area (Å²) in [4.78, 5) is 10.7. The summed E-state index contributed by atoms with van der Waals surface area (Å²) in [5.74, 6) is 0. The molecule has 0 aliphatic rings. The molecule has 0 spiro atoms. The van der Waals surface area contributed by atoms with Gasteiger partial charge in [0.1, 0.15) is 0 Å². The maximum absolute atomic E-state index is 10.7. The van der Waals surface area contributed by atoms with Crippen LogP contribution in [0.15, 0.2) is 17.5 Å². The van der Waals surface area contributed by atoms with Gasteiger partial charge in [0, 0.05) is 13.8 Å². The second kappa shape index (κ2) is 3.98. The molecule has 1 heterocycles. The number of carbonyl (C=O) groups is 1. The number of aldehydes is 1. The molecule has 1 aromatic carbocycles. The van der Waals surface area contributed by atoms with E-state index >= 15 is 0 Å². The molecule has 0 amide bonds. The summed E-state index contributed by atoms with van der Waals surface area (Å²) < 4.78 is 2.33. The van der Waals surface area contributed by atoms with Gasteiger partial charge in [-0.3, -0.25) is 4.79 Å². The zero-order valence-corrected chi connectivity index (χ0v) is 10.7. The van der Waals surface area contributed by atoms with Crippen molar-refractivity contribution in [1.29, 1.82) is 0 Å². The number of thiophene rings is 1. The van der Waals surface area contributed by atoms with Crippen LogP contribution in [0.3, 0.4) is 0 Å². The summed E-state index contributed by atoms with van der Waals surface area (Å²) in [5.41, 5.74) is 2.17. The van der Waals surface area contributed by atoms with Gasteiger partial charge < -0.3 is 0 Å². The van der Waals surface area contributed by atoms with E-state index in [2.05, 4.69) is 41.0 Å². The molecule has 14 heavy (non-hydrogen) atoms. The summed E-state index contributed by atoms with van der Waals surface area (Å²) in [6.45, 7) is 2.15. The van der Waals surface area contributed by atoms with Crippen LogP contribution in [0.1, 0.15) is 22.8 Å². The number of fused-ring (bicyclic) bond motifs is 1. The average Bonchev–Trinajstić information content (AvgIpc) is 2.62. The van der Waals surface area contributed by atoms with Crippen molar-refractivity contribution in [3.8, 4) is 0 Å². The van der Waals surface area contributed by atoms with Gasteiger partial charge in [0.15, 0.2) is 6.29 Å². The molecular formula is C11H9IOS. The van der Waals surface area contributed by atoms with Crippen LogP contribution >= 0.6 is 33.9 Å². The molecule has 0 aliphatic heterocycles. The molecule has 0 saturated carbocycles.